The lowest BCUT2D eigenvalue weighted by atomic mass is 10.0. The monoisotopic (exact) mass is 294 g/mol. The van der Waals surface area contributed by atoms with Gasteiger partial charge in [0.1, 0.15) is 5.82 Å². The van der Waals surface area contributed by atoms with Gasteiger partial charge in [0.15, 0.2) is 11.6 Å². The zero-order chi connectivity index (χ0) is 15.4. The summed E-state index contributed by atoms with van der Waals surface area (Å²) in [6, 6.07) is 10.2. The van der Waals surface area contributed by atoms with Crippen LogP contribution in [0, 0.1) is 17.5 Å². The van der Waals surface area contributed by atoms with Gasteiger partial charge in [-0.2, -0.15) is 0 Å². The standard InChI is InChI=1S/C16H17F3N2/c1-10(11-5-3-2-4-6-11)21-16(9-20)12-7-14(18)15(19)8-13(12)17/h2-8,10,16,21H,9,20H2,1H3. The molecule has 0 aliphatic carbocycles. The van der Waals surface area contributed by atoms with E-state index in [-0.39, 0.29) is 18.2 Å². The normalized spacial score (nSPS) is 14.0. The minimum absolute atomic E-state index is 0.0270. The van der Waals surface area contributed by atoms with Gasteiger partial charge in [-0.3, -0.25) is 0 Å². The third-order valence-corrected chi connectivity index (χ3v) is 3.40. The molecule has 2 nitrogen and oxygen atoms in total. The molecule has 3 N–H and O–H groups in total. The van der Waals surface area contributed by atoms with Crippen LogP contribution in [0.25, 0.3) is 0 Å². The summed E-state index contributed by atoms with van der Waals surface area (Å²) in [7, 11) is 0. The molecule has 0 heterocycles. The Hall–Kier alpha value is -1.85. The Morgan fingerprint density at radius 3 is 2.24 bits per heavy atom. The molecular formula is C16H17F3N2. The molecule has 5 heteroatoms. The second-order valence-corrected chi connectivity index (χ2v) is 4.88. The third-order valence-electron chi connectivity index (χ3n) is 3.40. The van der Waals surface area contributed by atoms with Gasteiger partial charge in [0.2, 0.25) is 0 Å². The first kappa shape index (κ1) is 15.5. The fourth-order valence-electron chi connectivity index (χ4n) is 2.23. The molecule has 112 valence electrons. The average molecular weight is 294 g/mol. The van der Waals surface area contributed by atoms with E-state index < -0.39 is 23.5 Å². The van der Waals surface area contributed by atoms with Crippen LogP contribution in [0.1, 0.15) is 30.1 Å². The summed E-state index contributed by atoms with van der Waals surface area (Å²) in [6.07, 6.45) is 0. The lowest BCUT2D eigenvalue weighted by Crippen LogP contribution is -2.31. The molecular weight excluding hydrogens is 277 g/mol. The van der Waals surface area contributed by atoms with E-state index in [0.29, 0.717) is 6.07 Å². The van der Waals surface area contributed by atoms with E-state index in [2.05, 4.69) is 5.32 Å². The number of hydrogen-bond acceptors (Lipinski definition) is 2. The molecule has 0 aromatic heterocycles. The Bertz CT molecular complexity index is 602. The van der Waals surface area contributed by atoms with Gasteiger partial charge in [0.25, 0.3) is 0 Å². The molecule has 0 aliphatic heterocycles. The third kappa shape index (κ3) is 3.62. The Labute approximate surface area is 121 Å². The molecule has 0 radical (unpaired) electrons. The maximum absolute atomic E-state index is 13.8. The summed E-state index contributed by atoms with van der Waals surface area (Å²) in [5.41, 5.74) is 6.67. The van der Waals surface area contributed by atoms with Crippen molar-refractivity contribution in [3.8, 4) is 0 Å². The van der Waals surface area contributed by atoms with Crippen LogP contribution in [-0.2, 0) is 0 Å². The zero-order valence-corrected chi connectivity index (χ0v) is 11.6. The topological polar surface area (TPSA) is 38.0 Å². The molecule has 2 aromatic rings. The maximum atomic E-state index is 13.8. The van der Waals surface area contributed by atoms with Crippen molar-refractivity contribution in [2.45, 2.75) is 19.0 Å². The van der Waals surface area contributed by atoms with E-state index in [1.807, 2.05) is 37.3 Å². The second kappa shape index (κ2) is 6.74. The summed E-state index contributed by atoms with van der Waals surface area (Å²) in [4.78, 5) is 0. The quantitative estimate of drug-likeness (QED) is 0.829. The van der Waals surface area contributed by atoms with Gasteiger partial charge in [-0.25, -0.2) is 13.2 Å². The van der Waals surface area contributed by atoms with E-state index in [1.54, 1.807) is 0 Å². The summed E-state index contributed by atoms with van der Waals surface area (Å²) in [5.74, 6) is -3.10. The molecule has 0 fully saturated rings. The molecule has 2 aromatic carbocycles. The number of benzene rings is 2. The van der Waals surface area contributed by atoms with Crippen molar-refractivity contribution in [1.82, 2.24) is 5.32 Å². The molecule has 0 amide bonds. The first-order chi connectivity index (χ1) is 10.0. The van der Waals surface area contributed by atoms with Gasteiger partial charge in [-0.05, 0) is 18.6 Å². The number of nitrogens with two attached hydrogens (primary N) is 1. The SMILES string of the molecule is CC(NC(CN)c1cc(F)c(F)cc1F)c1ccccc1. The summed E-state index contributed by atoms with van der Waals surface area (Å²) in [5, 5.41) is 3.13. The Morgan fingerprint density at radius 2 is 1.62 bits per heavy atom. The fraction of sp³-hybridized carbons (Fsp3) is 0.250. The Morgan fingerprint density at radius 1 is 1.00 bits per heavy atom. The van der Waals surface area contributed by atoms with Crippen molar-refractivity contribution in [2.75, 3.05) is 6.54 Å². The van der Waals surface area contributed by atoms with Crippen LogP contribution in [0.3, 0.4) is 0 Å². The van der Waals surface area contributed by atoms with Crippen LogP contribution in [0.2, 0.25) is 0 Å². The van der Waals surface area contributed by atoms with E-state index in [4.69, 9.17) is 5.73 Å². The van der Waals surface area contributed by atoms with Crippen LogP contribution < -0.4 is 11.1 Å². The van der Waals surface area contributed by atoms with Crippen molar-refractivity contribution in [3.63, 3.8) is 0 Å². The summed E-state index contributed by atoms with van der Waals surface area (Å²) < 4.78 is 40.1. The zero-order valence-electron chi connectivity index (χ0n) is 11.6. The van der Waals surface area contributed by atoms with Crippen LogP contribution >= 0.6 is 0 Å². The van der Waals surface area contributed by atoms with Crippen LogP contribution in [0.15, 0.2) is 42.5 Å². The fourth-order valence-corrected chi connectivity index (χ4v) is 2.23. The Kier molecular flexibility index (Phi) is 4.98. The molecule has 2 rings (SSSR count). The number of hydrogen-bond donors (Lipinski definition) is 2. The highest BCUT2D eigenvalue weighted by Crippen LogP contribution is 2.23. The lowest BCUT2D eigenvalue weighted by Gasteiger charge is -2.23. The highest BCUT2D eigenvalue weighted by molar-refractivity contribution is 5.25. The van der Waals surface area contributed by atoms with Crippen molar-refractivity contribution in [1.29, 1.82) is 0 Å². The van der Waals surface area contributed by atoms with Gasteiger partial charge in [0, 0.05) is 30.3 Å². The minimum atomic E-state index is -1.21. The molecule has 2 unspecified atom stereocenters. The van der Waals surface area contributed by atoms with Crippen molar-refractivity contribution >= 4 is 0 Å². The van der Waals surface area contributed by atoms with E-state index >= 15 is 0 Å². The summed E-state index contributed by atoms with van der Waals surface area (Å²) in [6.45, 7) is 1.97. The van der Waals surface area contributed by atoms with Gasteiger partial charge in [-0.15, -0.1) is 0 Å². The minimum Gasteiger partial charge on any atom is -0.329 e. The molecule has 21 heavy (non-hydrogen) atoms. The Balaban J connectivity index is 2.22. The molecule has 0 saturated heterocycles. The van der Waals surface area contributed by atoms with Gasteiger partial charge >= 0.3 is 0 Å². The smallest absolute Gasteiger partial charge is 0.161 e. The largest absolute Gasteiger partial charge is 0.329 e. The maximum Gasteiger partial charge on any atom is 0.161 e. The molecule has 0 saturated carbocycles. The molecule has 0 bridgehead atoms. The lowest BCUT2D eigenvalue weighted by molar-refractivity contribution is 0.440. The highest BCUT2D eigenvalue weighted by Gasteiger charge is 2.20. The van der Waals surface area contributed by atoms with Crippen molar-refractivity contribution in [3.05, 3.63) is 71.0 Å². The first-order valence-corrected chi connectivity index (χ1v) is 6.68. The highest BCUT2D eigenvalue weighted by atomic mass is 19.2. The molecule has 0 aliphatic rings. The second-order valence-electron chi connectivity index (χ2n) is 4.88. The van der Waals surface area contributed by atoms with Crippen LogP contribution in [0.5, 0.6) is 0 Å². The van der Waals surface area contributed by atoms with E-state index in [1.165, 1.54) is 0 Å². The number of halogens is 3. The van der Waals surface area contributed by atoms with Gasteiger partial charge in [-0.1, -0.05) is 30.3 Å². The van der Waals surface area contributed by atoms with E-state index in [9.17, 15) is 13.2 Å². The average Bonchev–Trinajstić information content (AvgIpc) is 2.49. The molecule has 0 spiro atoms. The summed E-state index contributed by atoms with van der Waals surface area (Å²) >= 11 is 0. The van der Waals surface area contributed by atoms with Gasteiger partial charge < -0.3 is 11.1 Å². The predicted octanol–water partition coefficient (Wildman–Crippen LogP) is 3.45. The van der Waals surface area contributed by atoms with Crippen molar-refractivity contribution < 1.29 is 13.2 Å². The van der Waals surface area contributed by atoms with Crippen molar-refractivity contribution in [2.24, 2.45) is 5.73 Å². The number of nitrogens with one attached hydrogen (secondary N) is 1. The van der Waals surface area contributed by atoms with Crippen LogP contribution in [-0.4, -0.2) is 6.54 Å². The van der Waals surface area contributed by atoms with E-state index in [0.717, 1.165) is 11.6 Å². The molecule has 2 atom stereocenters. The first-order valence-electron chi connectivity index (χ1n) is 6.68. The number of rotatable bonds is 5. The van der Waals surface area contributed by atoms with Crippen LogP contribution in [0.4, 0.5) is 13.2 Å². The predicted molar refractivity (Wildman–Crippen MR) is 76.1 cm³/mol. The van der Waals surface area contributed by atoms with Gasteiger partial charge in [0.05, 0.1) is 0 Å².